The highest BCUT2D eigenvalue weighted by molar-refractivity contribution is 5.78. The minimum absolute atomic E-state index is 0.166. The number of ether oxygens (including phenoxy) is 2. The van der Waals surface area contributed by atoms with Gasteiger partial charge >= 0.3 is 5.97 Å². The van der Waals surface area contributed by atoms with Gasteiger partial charge in [0.1, 0.15) is 0 Å². The van der Waals surface area contributed by atoms with Crippen molar-refractivity contribution in [2.45, 2.75) is 33.3 Å². The molecule has 0 N–H and O–H groups in total. The highest BCUT2D eigenvalue weighted by Gasteiger charge is 2.02. The van der Waals surface area contributed by atoms with E-state index in [4.69, 9.17) is 9.47 Å². The molecule has 1 radical (unpaired) electrons. The lowest BCUT2D eigenvalue weighted by Gasteiger charge is -2.10. The second-order valence-corrected chi connectivity index (χ2v) is 2.51. The molecule has 0 aromatic rings. The molecule has 0 spiro atoms. The van der Waals surface area contributed by atoms with Crippen LogP contribution in [0, 0.1) is 6.42 Å². The van der Waals surface area contributed by atoms with Gasteiger partial charge in [0.2, 0.25) is 0 Å². The first-order valence-electron chi connectivity index (χ1n) is 4.28. The van der Waals surface area contributed by atoms with Crippen LogP contribution < -0.4 is 0 Å². The lowest BCUT2D eigenvalue weighted by molar-refractivity contribution is -0.140. The molecule has 0 aliphatic heterocycles. The van der Waals surface area contributed by atoms with Crippen molar-refractivity contribution in [3.63, 3.8) is 0 Å². The van der Waals surface area contributed by atoms with Crippen LogP contribution in [0.2, 0.25) is 0 Å². The van der Waals surface area contributed by atoms with Crippen molar-refractivity contribution in [2.24, 2.45) is 0 Å². The Morgan fingerprint density at radius 3 is 2.75 bits per heavy atom. The van der Waals surface area contributed by atoms with Gasteiger partial charge in [-0.2, -0.15) is 0 Å². The number of carbonyl (C=O) groups excluding carboxylic acids is 1. The molecule has 0 fully saturated rings. The van der Waals surface area contributed by atoms with E-state index in [1.165, 1.54) is 6.42 Å². The summed E-state index contributed by atoms with van der Waals surface area (Å²) in [6.07, 6.45) is 2.33. The zero-order chi connectivity index (χ0) is 9.40. The van der Waals surface area contributed by atoms with E-state index >= 15 is 0 Å². The molecule has 1 atom stereocenters. The molecule has 3 heteroatoms. The van der Waals surface area contributed by atoms with Gasteiger partial charge in [0.15, 0.2) is 0 Å². The normalized spacial score (nSPS) is 12.6. The zero-order valence-electron chi connectivity index (χ0n) is 8.00. The summed E-state index contributed by atoms with van der Waals surface area (Å²) in [5.74, 6) is -0.265. The number of hydrogen-bond acceptors (Lipinski definition) is 3. The lowest BCUT2D eigenvalue weighted by Crippen LogP contribution is -2.13. The van der Waals surface area contributed by atoms with Gasteiger partial charge in [-0.25, -0.2) is 0 Å². The maximum Gasteiger partial charge on any atom is 0.309 e. The van der Waals surface area contributed by atoms with Crippen molar-refractivity contribution in [1.29, 1.82) is 0 Å². The van der Waals surface area contributed by atoms with Crippen LogP contribution in [0.15, 0.2) is 0 Å². The monoisotopic (exact) mass is 173 g/mol. The molecule has 12 heavy (non-hydrogen) atoms. The molecule has 0 amide bonds. The highest BCUT2D eigenvalue weighted by Crippen LogP contribution is 1.97. The average molecular weight is 173 g/mol. The molecule has 0 aliphatic carbocycles. The summed E-state index contributed by atoms with van der Waals surface area (Å²) >= 11 is 0. The maximum absolute atomic E-state index is 10.6. The summed E-state index contributed by atoms with van der Waals surface area (Å²) in [5.41, 5.74) is 0. The molecule has 71 valence electrons. The van der Waals surface area contributed by atoms with Gasteiger partial charge < -0.3 is 9.47 Å². The molecule has 0 heterocycles. The fourth-order valence-electron chi connectivity index (χ4n) is 0.777. The van der Waals surface area contributed by atoms with E-state index < -0.39 is 0 Å². The quantitative estimate of drug-likeness (QED) is 0.572. The highest BCUT2D eigenvalue weighted by atomic mass is 16.5. The summed E-state index contributed by atoms with van der Waals surface area (Å²) < 4.78 is 10.1. The van der Waals surface area contributed by atoms with Crippen molar-refractivity contribution in [2.75, 3.05) is 13.2 Å². The number of hydrogen-bond donors (Lipinski definition) is 0. The molecule has 0 aromatic heterocycles. The van der Waals surface area contributed by atoms with Crippen LogP contribution in [0.3, 0.4) is 0 Å². The summed E-state index contributed by atoms with van der Waals surface area (Å²) in [6.45, 7) is 6.71. The van der Waals surface area contributed by atoms with Crippen molar-refractivity contribution < 1.29 is 14.3 Å². The van der Waals surface area contributed by atoms with Crippen LogP contribution in [0.5, 0.6) is 0 Å². The molecular formula is C9H17O3. The topological polar surface area (TPSA) is 35.5 Å². The smallest absolute Gasteiger partial charge is 0.309 e. The second kappa shape index (κ2) is 7.10. The zero-order valence-corrected chi connectivity index (χ0v) is 8.00. The summed E-state index contributed by atoms with van der Waals surface area (Å²) in [6, 6.07) is 0. The fraction of sp³-hybridized carbons (Fsp3) is 0.778. The van der Waals surface area contributed by atoms with Gasteiger partial charge in [-0.05, 0) is 13.8 Å². The second-order valence-electron chi connectivity index (χ2n) is 2.51. The third-order valence-electron chi connectivity index (χ3n) is 1.46. The van der Waals surface area contributed by atoms with E-state index in [1.54, 1.807) is 6.92 Å². The minimum Gasteiger partial charge on any atom is -0.465 e. The Bertz CT molecular complexity index is 123. The number of carbonyl (C=O) groups is 1. The van der Waals surface area contributed by atoms with E-state index in [-0.39, 0.29) is 12.1 Å². The largest absolute Gasteiger partial charge is 0.465 e. The fourth-order valence-corrected chi connectivity index (χ4v) is 0.777. The molecule has 0 bridgehead atoms. The average Bonchev–Trinajstić information content (AvgIpc) is 2.04. The van der Waals surface area contributed by atoms with E-state index in [0.717, 1.165) is 6.42 Å². The van der Waals surface area contributed by atoms with E-state index in [1.807, 2.05) is 13.8 Å². The molecule has 3 nitrogen and oxygen atoms in total. The van der Waals surface area contributed by atoms with Gasteiger partial charge in [0.25, 0.3) is 0 Å². The first-order valence-corrected chi connectivity index (χ1v) is 4.28. The molecule has 0 rings (SSSR count). The summed E-state index contributed by atoms with van der Waals surface area (Å²) in [4.78, 5) is 10.6. The molecule has 0 saturated carbocycles. The van der Waals surface area contributed by atoms with Gasteiger partial charge in [-0.15, -0.1) is 0 Å². The minimum atomic E-state index is -0.265. The van der Waals surface area contributed by atoms with Crippen molar-refractivity contribution >= 4 is 5.97 Å². The third kappa shape index (κ3) is 6.16. The Morgan fingerprint density at radius 2 is 2.25 bits per heavy atom. The Balaban J connectivity index is 3.24. The van der Waals surface area contributed by atoms with Crippen molar-refractivity contribution in [1.82, 2.24) is 0 Å². The van der Waals surface area contributed by atoms with Crippen LogP contribution >= 0.6 is 0 Å². The van der Waals surface area contributed by atoms with E-state index in [2.05, 4.69) is 0 Å². The predicted molar refractivity (Wildman–Crippen MR) is 46.6 cm³/mol. The van der Waals surface area contributed by atoms with Crippen LogP contribution in [-0.2, 0) is 14.3 Å². The Labute approximate surface area is 74.0 Å². The SMILES string of the molecule is C[CH]C(=O)OCCC(C)OCC. The van der Waals surface area contributed by atoms with Crippen molar-refractivity contribution in [3.8, 4) is 0 Å². The maximum atomic E-state index is 10.6. The summed E-state index contributed by atoms with van der Waals surface area (Å²) in [7, 11) is 0. The molecule has 1 unspecified atom stereocenters. The van der Waals surface area contributed by atoms with Gasteiger partial charge in [0, 0.05) is 13.0 Å². The summed E-state index contributed by atoms with van der Waals surface area (Å²) in [5, 5.41) is 0. The van der Waals surface area contributed by atoms with E-state index in [0.29, 0.717) is 13.2 Å². The Hall–Kier alpha value is -0.570. The first-order chi connectivity index (χ1) is 5.70. The van der Waals surface area contributed by atoms with Crippen LogP contribution in [0.1, 0.15) is 27.2 Å². The van der Waals surface area contributed by atoms with Gasteiger partial charge in [-0.3, -0.25) is 4.79 Å². The molecular weight excluding hydrogens is 156 g/mol. The molecule has 0 aromatic carbocycles. The van der Waals surface area contributed by atoms with Gasteiger partial charge in [0.05, 0.1) is 19.1 Å². The Morgan fingerprint density at radius 1 is 1.58 bits per heavy atom. The number of rotatable bonds is 6. The van der Waals surface area contributed by atoms with Crippen LogP contribution in [0.4, 0.5) is 0 Å². The Kier molecular flexibility index (Phi) is 6.76. The predicted octanol–water partition coefficient (Wildman–Crippen LogP) is 1.57. The lowest BCUT2D eigenvalue weighted by atomic mass is 10.3. The molecule has 0 saturated heterocycles. The standard InChI is InChI=1S/C9H17O3/c1-4-9(10)12-7-6-8(3)11-5-2/h4,8H,5-7H2,1-3H3. The first kappa shape index (κ1) is 11.4. The van der Waals surface area contributed by atoms with Crippen LogP contribution in [0.25, 0.3) is 0 Å². The van der Waals surface area contributed by atoms with Gasteiger partial charge in [-0.1, -0.05) is 6.92 Å². The van der Waals surface area contributed by atoms with E-state index in [9.17, 15) is 4.79 Å². The van der Waals surface area contributed by atoms with Crippen molar-refractivity contribution in [3.05, 3.63) is 6.42 Å². The molecule has 0 aliphatic rings. The number of esters is 1. The van der Waals surface area contributed by atoms with Crippen LogP contribution in [-0.4, -0.2) is 25.3 Å². The third-order valence-corrected chi connectivity index (χ3v) is 1.46.